The van der Waals surface area contributed by atoms with Crippen LogP contribution in [0.1, 0.15) is 0 Å². The summed E-state index contributed by atoms with van der Waals surface area (Å²) in [6.45, 7) is 0. The minimum Gasteiger partial charge on any atom is -0.595 e. The molecule has 5 rings (SSSR count). The monoisotopic (exact) mass is 454 g/mol. The quantitative estimate of drug-likeness (QED) is 0.238. The first-order valence-corrected chi connectivity index (χ1v) is 10.5. The Balaban J connectivity index is 1.36. The Morgan fingerprint density at radius 3 is 2.45 bits per heavy atom. The summed E-state index contributed by atoms with van der Waals surface area (Å²) in [5, 5.41) is 27.7. The number of nitrogens with zero attached hydrogens (tertiary/aromatic N) is 3. The summed E-state index contributed by atoms with van der Waals surface area (Å²) < 4.78 is 0. The highest BCUT2D eigenvalue weighted by Gasteiger charge is 2.08. The number of aromatic nitrogens is 3. The number of anilines is 2. The number of hydrogen-bond donors (Lipinski definition) is 4. The van der Waals surface area contributed by atoms with Crippen LogP contribution in [-0.4, -0.2) is 25.3 Å². The zero-order valence-electron chi connectivity index (χ0n) is 17.2. The number of hydrogen-bond acceptors (Lipinski definition) is 6. The normalized spacial score (nSPS) is 11.9. The summed E-state index contributed by atoms with van der Waals surface area (Å²) in [4.78, 5) is 13.7. The summed E-state index contributed by atoms with van der Waals surface area (Å²) in [6, 6.07) is 24.2. The number of thiocarbonyl (C=S) groups is 1. The van der Waals surface area contributed by atoms with Gasteiger partial charge in [-0.25, -0.2) is 15.2 Å². The van der Waals surface area contributed by atoms with Gasteiger partial charge in [0.05, 0.1) is 11.9 Å². The van der Waals surface area contributed by atoms with Gasteiger partial charge in [-0.05, 0) is 53.3 Å². The van der Waals surface area contributed by atoms with Gasteiger partial charge >= 0.3 is 0 Å². The molecule has 2 heterocycles. The first-order chi connectivity index (χ1) is 16.0. The van der Waals surface area contributed by atoms with Crippen molar-refractivity contribution in [2.45, 2.75) is 0 Å². The number of fused-ring (bicyclic) bond motifs is 2. The van der Waals surface area contributed by atoms with Crippen molar-refractivity contribution in [1.29, 1.82) is 0 Å². The predicted molar refractivity (Wildman–Crippen MR) is 132 cm³/mol. The van der Waals surface area contributed by atoms with Crippen molar-refractivity contribution in [3.63, 3.8) is 0 Å². The Kier molecular flexibility index (Phi) is 5.59. The lowest BCUT2D eigenvalue weighted by molar-refractivity contribution is -0.991. The molecule has 0 fully saturated rings. The maximum absolute atomic E-state index is 11.0. The second kappa shape index (κ2) is 8.85. The molecule has 2 aromatic heterocycles. The summed E-state index contributed by atoms with van der Waals surface area (Å²) in [5.41, 5.74) is 3.74. The van der Waals surface area contributed by atoms with Gasteiger partial charge in [-0.15, -0.1) is 0 Å². The van der Waals surface area contributed by atoms with Gasteiger partial charge in [-0.1, -0.05) is 36.4 Å². The van der Waals surface area contributed by atoms with Crippen LogP contribution in [0, 0.1) is 5.21 Å². The minimum atomic E-state index is -0.980. The summed E-state index contributed by atoms with van der Waals surface area (Å²) in [7, 11) is 0. The van der Waals surface area contributed by atoms with Crippen molar-refractivity contribution in [1.82, 2.24) is 15.0 Å². The van der Waals surface area contributed by atoms with Crippen molar-refractivity contribution in [2.75, 3.05) is 10.6 Å². The van der Waals surface area contributed by atoms with E-state index in [-0.39, 0.29) is 5.69 Å². The van der Waals surface area contributed by atoms with Gasteiger partial charge in [0.1, 0.15) is 11.3 Å². The maximum atomic E-state index is 11.0. The molecule has 0 aliphatic rings. The summed E-state index contributed by atoms with van der Waals surface area (Å²) >= 11 is 5.36. The van der Waals surface area contributed by atoms with Crippen LogP contribution in [0.4, 0.5) is 17.2 Å². The fourth-order valence-corrected chi connectivity index (χ4v) is 3.65. The highest BCUT2D eigenvalue weighted by Crippen LogP contribution is 2.24. The van der Waals surface area contributed by atoms with Gasteiger partial charge in [-0.3, -0.25) is 4.98 Å². The zero-order chi connectivity index (χ0) is 22.8. The average molecular weight is 455 g/mol. The van der Waals surface area contributed by atoms with E-state index in [9.17, 15) is 5.21 Å². The number of quaternary nitrogens is 1. The van der Waals surface area contributed by atoms with E-state index in [0.29, 0.717) is 27.8 Å². The SMILES string of the molecule is [O-][NH+](O)c1ccc(NC(=S)Nc2ccc3ncc(-c4ccc5ccccc5c4)nc3n2)cc1. The van der Waals surface area contributed by atoms with Crippen molar-refractivity contribution < 1.29 is 10.4 Å². The number of benzene rings is 3. The van der Waals surface area contributed by atoms with Gasteiger partial charge in [0.15, 0.2) is 16.4 Å². The predicted octanol–water partition coefficient (Wildman–Crippen LogP) is 4.06. The smallest absolute Gasteiger partial charge is 0.180 e. The van der Waals surface area contributed by atoms with E-state index in [1.807, 2.05) is 24.3 Å². The maximum Gasteiger partial charge on any atom is 0.180 e. The molecule has 0 saturated carbocycles. The average Bonchev–Trinajstić information content (AvgIpc) is 2.83. The molecule has 1 unspecified atom stereocenters. The second-order valence-electron chi connectivity index (χ2n) is 7.32. The highest BCUT2D eigenvalue weighted by molar-refractivity contribution is 7.80. The Bertz CT molecular complexity index is 1470. The molecule has 0 radical (unpaired) electrons. The first kappa shape index (κ1) is 20.9. The third-order valence-corrected chi connectivity index (χ3v) is 5.29. The largest absolute Gasteiger partial charge is 0.595 e. The molecule has 0 aliphatic carbocycles. The van der Waals surface area contributed by atoms with Crippen LogP contribution in [0.15, 0.2) is 85.1 Å². The molecule has 162 valence electrons. The van der Waals surface area contributed by atoms with E-state index in [2.05, 4.69) is 44.9 Å². The molecule has 0 spiro atoms. The Morgan fingerprint density at radius 1 is 0.879 bits per heavy atom. The molecule has 1 atom stereocenters. The standard InChI is InChI=1S/C24H18N6O2S/c31-30(32)19-9-7-18(8-10-19)26-24(33)29-22-12-11-20-23(28-22)27-21(14-25-20)17-6-5-15-3-1-2-4-16(15)13-17/h1-14,30-31H,(H2,26,27,28,29,33). The zero-order valence-corrected chi connectivity index (χ0v) is 18.0. The van der Waals surface area contributed by atoms with Crippen LogP contribution in [0.5, 0.6) is 0 Å². The molecule has 0 bridgehead atoms. The molecule has 0 amide bonds. The molecule has 0 aliphatic heterocycles. The van der Waals surface area contributed by atoms with Gasteiger partial charge < -0.3 is 15.8 Å². The summed E-state index contributed by atoms with van der Waals surface area (Å²) in [5.74, 6) is 0.520. The second-order valence-corrected chi connectivity index (χ2v) is 7.73. The van der Waals surface area contributed by atoms with Gasteiger partial charge in [0.25, 0.3) is 0 Å². The van der Waals surface area contributed by atoms with Gasteiger partial charge in [0.2, 0.25) is 0 Å². The van der Waals surface area contributed by atoms with Crippen LogP contribution >= 0.6 is 12.2 Å². The highest BCUT2D eigenvalue weighted by atomic mass is 32.1. The van der Waals surface area contributed by atoms with Gasteiger partial charge in [0, 0.05) is 23.4 Å². The van der Waals surface area contributed by atoms with E-state index in [0.717, 1.165) is 16.6 Å². The van der Waals surface area contributed by atoms with E-state index >= 15 is 0 Å². The van der Waals surface area contributed by atoms with Crippen LogP contribution in [0.3, 0.4) is 0 Å². The lowest BCUT2D eigenvalue weighted by Gasteiger charge is -2.13. The number of rotatable bonds is 4. The van der Waals surface area contributed by atoms with E-state index in [1.54, 1.807) is 24.4 Å². The van der Waals surface area contributed by atoms with Crippen molar-refractivity contribution in [2.24, 2.45) is 0 Å². The Morgan fingerprint density at radius 2 is 1.67 bits per heavy atom. The molecule has 4 N–H and O–H groups in total. The topological polar surface area (TPSA) is 110 Å². The van der Waals surface area contributed by atoms with Crippen molar-refractivity contribution in [3.8, 4) is 11.3 Å². The third-order valence-electron chi connectivity index (χ3n) is 5.08. The molecular weight excluding hydrogens is 436 g/mol. The molecule has 33 heavy (non-hydrogen) atoms. The molecule has 0 saturated heterocycles. The van der Waals surface area contributed by atoms with Crippen LogP contribution in [-0.2, 0) is 0 Å². The molecular formula is C24H18N6O2S. The number of pyridine rings is 1. The van der Waals surface area contributed by atoms with Crippen molar-refractivity contribution in [3.05, 3.63) is 90.3 Å². The lowest BCUT2D eigenvalue weighted by atomic mass is 10.1. The van der Waals surface area contributed by atoms with Gasteiger partial charge in [-0.2, -0.15) is 5.23 Å². The first-order valence-electron chi connectivity index (χ1n) is 10.1. The van der Waals surface area contributed by atoms with Crippen molar-refractivity contribution >= 4 is 56.5 Å². The van der Waals surface area contributed by atoms with E-state index < -0.39 is 5.23 Å². The Labute approximate surface area is 194 Å². The fraction of sp³-hybridized carbons (Fsp3) is 0. The number of nitrogens with one attached hydrogen (secondary N) is 3. The summed E-state index contributed by atoms with van der Waals surface area (Å²) in [6.07, 6.45) is 1.74. The molecule has 5 aromatic rings. The van der Waals surface area contributed by atoms with Crippen LogP contribution < -0.4 is 15.9 Å². The van der Waals surface area contributed by atoms with Crippen LogP contribution in [0.2, 0.25) is 0 Å². The van der Waals surface area contributed by atoms with E-state index in [1.165, 1.54) is 17.5 Å². The van der Waals surface area contributed by atoms with E-state index in [4.69, 9.17) is 22.4 Å². The molecule has 8 nitrogen and oxygen atoms in total. The minimum absolute atomic E-state index is 0.205. The fourth-order valence-electron chi connectivity index (χ4n) is 3.43. The Hall–Kier alpha value is -4.02. The lowest BCUT2D eigenvalue weighted by Crippen LogP contribution is -2.99. The molecule has 9 heteroatoms. The molecule has 3 aromatic carbocycles. The third kappa shape index (κ3) is 4.61. The van der Waals surface area contributed by atoms with Crippen LogP contribution in [0.25, 0.3) is 33.2 Å².